The third-order valence-corrected chi connectivity index (χ3v) is 2.46. The Morgan fingerprint density at radius 2 is 2.00 bits per heavy atom. The monoisotopic (exact) mass is 298 g/mol. The Morgan fingerprint density at radius 1 is 1.44 bits per heavy atom. The maximum atomic E-state index is 12.0. The summed E-state index contributed by atoms with van der Waals surface area (Å²) >= 11 is 2.76. The molecule has 1 aromatic rings. The zero-order chi connectivity index (χ0) is 12.5. The zero-order valence-corrected chi connectivity index (χ0v) is 9.52. The maximum Gasteiger partial charge on any atom is 0.573 e. The van der Waals surface area contributed by atoms with Gasteiger partial charge in [0.2, 0.25) is 0 Å². The number of ether oxygens (including phenoxy) is 1. The summed E-state index contributed by atoms with van der Waals surface area (Å²) in [6.45, 7) is 1.47. The molecule has 0 saturated carbocycles. The van der Waals surface area contributed by atoms with Gasteiger partial charge in [-0.1, -0.05) is 0 Å². The molecule has 1 N–H and O–H groups in total. The molecule has 7 heteroatoms. The maximum absolute atomic E-state index is 12.0. The molecule has 3 nitrogen and oxygen atoms in total. The first-order chi connectivity index (χ1) is 7.20. The minimum absolute atomic E-state index is 0.233. The van der Waals surface area contributed by atoms with E-state index in [4.69, 9.17) is 5.11 Å². The first-order valence-electron chi connectivity index (χ1n) is 4.00. The van der Waals surface area contributed by atoms with Gasteiger partial charge in [0, 0.05) is 0 Å². The lowest BCUT2D eigenvalue weighted by Gasteiger charge is -2.12. The van der Waals surface area contributed by atoms with E-state index in [1.165, 1.54) is 13.0 Å². The van der Waals surface area contributed by atoms with Gasteiger partial charge in [0.15, 0.2) is 0 Å². The SMILES string of the molecule is Cc1cc(OC(F)(F)F)c(Br)c(C(=O)O)c1. The van der Waals surface area contributed by atoms with Crippen molar-refractivity contribution in [3.63, 3.8) is 0 Å². The molecule has 0 bridgehead atoms. The van der Waals surface area contributed by atoms with Gasteiger partial charge in [-0.3, -0.25) is 0 Å². The van der Waals surface area contributed by atoms with Gasteiger partial charge in [-0.25, -0.2) is 4.79 Å². The molecule has 0 radical (unpaired) electrons. The minimum Gasteiger partial charge on any atom is -0.478 e. The number of carboxylic acid groups (broad SMARTS) is 1. The van der Waals surface area contributed by atoms with Gasteiger partial charge >= 0.3 is 12.3 Å². The van der Waals surface area contributed by atoms with Crippen molar-refractivity contribution < 1.29 is 27.8 Å². The number of rotatable bonds is 2. The van der Waals surface area contributed by atoms with Crippen LogP contribution in [0.25, 0.3) is 0 Å². The van der Waals surface area contributed by atoms with Crippen molar-refractivity contribution in [2.45, 2.75) is 13.3 Å². The van der Waals surface area contributed by atoms with Crippen LogP contribution in [0.2, 0.25) is 0 Å². The number of hydrogen-bond donors (Lipinski definition) is 1. The van der Waals surface area contributed by atoms with Crippen LogP contribution in [-0.4, -0.2) is 17.4 Å². The average Bonchev–Trinajstić information content (AvgIpc) is 2.07. The Bertz CT molecular complexity index is 429. The molecule has 16 heavy (non-hydrogen) atoms. The summed E-state index contributed by atoms with van der Waals surface area (Å²) in [5.41, 5.74) is 0.0825. The third-order valence-electron chi connectivity index (χ3n) is 1.64. The van der Waals surface area contributed by atoms with E-state index in [0.29, 0.717) is 5.56 Å². The van der Waals surface area contributed by atoms with Crippen LogP contribution in [0.15, 0.2) is 16.6 Å². The lowest BCUT2D eigenvalue weighted by Crippen LogP contribution is -2.18. The summed E-state index contributed by atoms with van der Waals surface area (Å²) in [4.78, 5) is 10.7. The lowest BCUT2D eigenvalue weighted by atomic mass is 10.1. The van der Waals surface area contributed by atoms with E-state index in [1.807, 2.05) is 0 Å². The van der Waals surface area contributed by atoms with E-state index in [9.17, 15) is 18.0 Å². The molecular formula is C9H6BrF3O3. The number of carboxylic acids is 1. The molecule has 0 aliphatic heterocycles. The normalized spacial score (nSPS) is 11.3. The standard InChI is InChI=1S/C9H6BrF3O3/c1-4-2-5(8(14)15)7(10)6(3-4)16-9(11,12)13/h2-3H,1H3,(H,14,15). The van der Waals surface area contributed by atoms with Gasteiger partial charge in [-0.2, -0.15) is 0 Å². The summed E-state index contributed by atoms with van der Waals surface area (Å²) in [5, 5.41) is 8.75. The van der Waals surface area contributed by atoms with Crippen LogP contribution in [0.3, 0.4) is 0 Å². The van der Waals surface area contributed by atoms with Crippen LogP contribution in [0.4, 0.5) is 13.2 Å². The largest absolute Gasteiger partial charge is 0.573 e. The first kappa shape index (κ1) is 12.8. The number of halogens is 4. The zero-order valence-electron chi connectivity index (χ0n) is 7.93. The van der Waals surface area contributed by atoms with Crippen molar-refractivity contribution in [2.24, 2.45) is 0 Å². The number of alkyl halides is 3. The molecule has 0 saturated heterocycles. The number of benzene rings is 1. The highest BCUT2D eigenvalue weighted by molar-refractivity contribution is 9.10. The fourth-order valence-electron chi connectivity index (χ4n) is 1.09. The van der Waals surface area contributed by atoms with Crippen molar-refractivity contribution in [2.75, 3.05) is 0 Å². The van der Waals surface area contributed by atoms with Crippen LogP contribution in [-0.2, 0) is 0 Å². The summed E-state index contributed by atoms with van der Waals surface area (Å²) in [6.07, 6.45) is -4.86. The van der Waals surface area contributed by atoms with Crippen molar-refractivity contribution >= 4 is 21.9 Å². The number of aryl methyl sites for hydroxylation is 1. The Labute approximate surface area is 97.0 Å². The van der Waals surface area contributed by atoms with E-state index < -0.39 is 18.1 Å². The van der Waals surface area contributed by atoms with Gasteiger partial charge in [0.05, 0.1) is 10.0 Å². The number of carbonyl (C=O) groups is 1. The molecule has 0 aromatic heterocycles. The van der Waals surface area contributed by atoms with E-state index in [-0.39, 0.29) is 10.0 Å². The van der Waals surface area contributed by atoms with Gasteiger partial charge in [-0.05, 0) is 40.5 Å². The molecule has 0 fully saturated rings. The molecular weight excluding hydrogens is 293 g/mol. The van der Waals surface area contributed by atoms with Crippen LogP contribution >= 0.6 is 15.9 Å². The topological polar surface area (TPSA) is 46.5 Å². The van der Waals surface area contributed by atoms with E-state index in [2.05, 4.69) is 20.7 Å². The van der Waals surface area contributed by atoms with E-state index in [1.54, 1.807) is 0 Å². The molecule has 0 amide bonds. The second-order valence-electron chi connectivity index (χ2n) is 2.98. The highest BCUT2D eigenvalue weighted by atomic mass is 79.9. The Kier molecular flexibility index (Phi) is 3.47. The van der Waals surface area contributed by atoms with Crippen molar-refractivity contribution in [3.05, 3.63) is 27.7 Å². The fraction of sp³-hybridized carbons (Fsp3) is 0.222. The van der Waals surface area contributed by atoms with Gasteiger partial charge in [-0.15, -0.1) is 13.2 Å². The number of aromatic carboxylic acids is 1. The Hall–Kier alpha value is -1.24. The summed E-state index contributed by atoms with van der Waals surface area (Å²) in [7, 11) is 0. The Balaban J connectivity index is 3.25. The molecule has 1 aromatic carbocycles. The minimum atomic E-state index is -4.86. The third kappa shape index (κ3) is 3.13. The summed E-state index contributed by atoms with van der Waals surface area (Å²) in [6, 6.07) is 2.35. The van der Waals surface area contributed by atoms with Gasteiger partial charge < -0.3 is 9.84 Å². The van der Waals surface area contributed by atoms with Gasteiger partial charge in [0.1, 0.15) is 5.75 Å². The predicted octanol–water partition coefficient (Wildman–Crippen LogP) is 3.35. The molecule has 0 aliphatic rings. The van der Waals surface area contributed by atoms with Crippen LogP contribution in [0, 0.1) is 6.92 Å². The van der Waals surface area contributed by atoms with E-state index >= 15 is 0 Å². The summed E-state index contributed by atoms with van der Waals surface area (Å²) < 4.78 is 39.4. The fourth-order valence-corrected chi connectivity index (χ4v) is 1.57. The second-order valence-corrected chi connectivity index (χ2v) is 3.77. The predicted molar refractivity (Wildman–Crippen MR) is 52.5 cm³/mol. The van der Waals surface area contributed by atoms with Crippen molar-refractivity contribution in [1.82, 2.24) is 0 Å². The van der Waals surface area contributed by atoms with Crippen LogP contribution < -0.4 is 4.74 Å². The Morgan fingerprint density at radius 3 is 2.44 bits per heavy atom. The molecule has 0 heterocycles. The quantitative estimate of drug-likeness (QED) is 0.911. The lowest BCUT2D eigenvalue weighted by molar-refractivity contribution is -0.274. The average molecular weight is 299 g/mol. The van der Waals surface area contributed by atoms with Crippen LogP contribution in [0.1, 0.15) is 15.9 Å². The van der Waals surface area contributed by atoms with Gasteiger partial charge in [0.25, 0.3) is 0 Å². The molecule has 0 aliphatic carbocycles. The molecule has 0 atom stereocenters. The highest BCUT2D eigenvalue weighted by Gasteiger charge is 2.32. The first-order valence-corrected chi connectivity index (χ1v) is 4.79. The second kappa shape index (κ2) is 4.32. The summed E-state index contributed by atoms with van der Waals surface area (Å²) in [5.74, 6) is -1.90. The highest BCUT2D eigenvalue weighted by Crippen LogP contribution is 2.34. The molecule has 1 rings (SSSR count). The number of hydrogen-bond acceptors (Lipinski definition) is 2. The molecule has 0 unspecified atom stereocenters. The molecule has 0 spiro atoms. The molecule has 88 valence electrons. The van der Waals surface area contributed by atoms with Crippen molar-refractivity contribution in [1.29, 1.82) is 0 Å². The van der Waals surface area contributed by atoms with Crippen LogP contribution in [0.5, 0.6) is 5.75 Å². The van der Waals surface area contributed by atoms with E-state index in [0.717, 1.165) is 6.07 Å². The smallest absolute Gasteiger partial charge is 0.478 e. The van der Waals surface area contributed by atoms with Crippen molar-refractivity contribution in [3.8, 4) is 5.75 Å².